The van der Waals surface area contributed by atoms with Gasteiger partial charge in [-0.15, -0.1) is 0 Å². The third-order valence-corrected chi connectivity index (χ3v) is 2.99. The molecule has 1 aromatic rings. The number of hydrogen-bond donors (Lipinski definition) is 1. The molecule has 0 spiro atoms. The number of nitrogens with one attached hydrogen (secondary N) is 1. The molecule has 0 aliphatic carbocycles. The molecule has 0 saturated carbocycles. The number of carbonyl (C=O) groups excluding carboxylic acids is 2. The fourth-order valence-electron chi connectivity index (χ4n) is 2.00. The van der Waals surface area contributed by atoms with Crippen LogP contribution in [0, 0.1) is 5.82 Å². The van der Waals surface area contributed by atoms with E-state index in [0.29, 0.717) is 19.5 Å². The van der Waals surface area contributed by atoms with E-state index in [1.54, 1.807) is 0 Å². The molecule has 1 aliphatic rings. The summed E-state index contributed by atoms with van der Waals surface area (Å²) in [7, 11) is 0. The lowest BCUT2D eigenvalue weighted by Gasteiger charge is -2.23. The fourth-order valence-corrected chi connectivity index (χ4v) is 2.00. The maximum absolute atomic E-state index is 13.2. The highest BCUT2D eigenvalue weighted by atomic mass is 19.1. The summed E-state index contributed by atoms with van der Waals surface area (Å²) in [6.45, 7) is 1.07. The second-order valence-corrected chi connectivity index (χ2v) is 4.58. The molecule has 6 heteroatoms. The lowest BCUT2D eigenvalue weighted by atomic mass is 10.1. The predicted octanol–water partition coefficient (Wildman–Crippen LogP) is 1.31. The zero-order valence-corrected chi connectivity index (χ0v) is 10.9. The molecule has 0 aromatic heterocycles. The minimum absolute atomic E-state index is 0.0953. The van der Waals surface area contributed by atoms with Crippen molar-refractivity contribution >= 4 is 12.2 Å². The number of benzene rings is 1. The number of halogens is 1. The minimum Gasteiger partial charge on any atom is -0.484 e. The summed E-state index contributed by atoms with van der Waals surface area (Å²) >= 11 is 0. The molecule has 1 fully saturated rings. The maximum atomic E-state index is 13.2. The highest BCUT2D eigenvalue weighted by Crippen LogP contribution is 2.15. The van der Waals surface area contributed by atoms with E-state index < -0.39 is 5.82 Å². The monoisotopic (exact) mass is 281 g/mol. The molecule has 2 rings (SSSR count). The first-order valence-corrected chi connectivity index (χ1v) is 6.43. The number of ether oxygens (including phenoxy) is 2. The largest absolute Gasteiger partial charge is 0.484 e. The van der Waals surface area contributed by atoms with Crippen LogP contribution < -0.4 is 10.1 Å². The third-order valence-electron chi connectivity index (χ3n) is 2.99. The normalized spacial score (nSPS) is 15.7. The van der Waals surface area contributed by atoms with Crippen LogP contribution in [0.2, 0.25) is 0 Å². The van der Waals surface area contributed by atoms with Crippen molar-refractivity contribution in [3.63, 3.8) is 0 Å². The Morgan fingerprint density at radius 3 is 2.85 bits per heavy atom. The van der Waals surface area contributed by atoms with Crippen molar-refractivity contribution in [3.8, 4) is 5.75 Å². The smallest absolute Gasteiger partial charge is 0.258 e. The number of aldehydes is 1. The van der Waals surface area contributed by atoms with Gasteiger partial charge in [-0.2, -0.15) is 0 Å². The average Bonchev–Trinajstić information content (AvgIpc) is 2.45. The van der Waals surface area contributed by atoms with Gasteiger partial charge in [-0.1, -0.05) is 0 Å². The predicted molar refractivity (Wildman–Crippen MR) is 69.3 cm³/mol. The van der Waals surface area contributed by atoms with Gasteiger partial charge in [0.1, 0.15) is 17.9 Å². The van der Waals surface area contributed by atoms with Crippen LogP contribution in [0.4, 0.5) is 4.39 Å². The van der Waals surface area contributed by atoms with Crippen LogP contribution in [0.3, 0.4) is 0 Å². The van der Waals surface area contributed by atoms with E-state index in [-0.39, 0.29) is 29.9 Å². The van der Waals surface area contributed by atoms with Crippen LogP contribution in [-0.4, -0.2) is 38.1 Å². The van der Waals surface area contributed by atoms with Gasteiger partial charge in [-0.05, 0) is 25.0 Å². The van der Waals surface area contributed by atoms with Gasteiger partial charge in [0.05, 0.1) is 0 Å². The molecule has 1 N–H and O–H groups in total. The van der Waals surface area contributed by atoms with Crippen LogP contribution >= 0.6 is 0 Å². The van der Waals surface area contributed by atoms with Crippen molar-refractivity contribution in [2.24, 2.45) is 0 Å². The summed E-state index contributed by atoms with van der Waals surface area (Å²) in [6.07, 6.45) is 2.08. The Bertz CT molecular complexity index is 486. The van der Waals surface area contributed by atoms with E-state index in [9.17, 15) is 14.0 Å². The SMILES string of the molecule is O=Cc1cc(F)cc(OCC(=O)NC2CCOCC2)c1. The molecule has 1 saturated heterocycles. The van der Waals surface area contributed by atoms with Gasteiger partial charge in [0.15, 0.2) is 6.61 Å². The average molecular weight is 281 g/mol. The number of hydrogen-bond acceptors (Lipinski definition) is 4. The first-order valence-electron chi connectivity index (χ1n) is 6.43. The molecular weight excluding hydrogens is 265 g/mol. The van der Waals surface area contributed by atoms with Crippen molar-refractivity contribution in [1.29, 1.82) is 0 Å². The van der Waals surface area contributed by atoms with Crippen molar-refractivity contribution in [1.82, 2.24) is 5.32 Å². The van der Waals surface area contributed by atoms with Crippen LogP contribution in [-0.2, 0) is 9.53 Å². The molecule has 1 aliphatic heterocycles. The van der Waals surface area contributed by atoms with Gasteiger partial charge in [0.25, 0.3) is 5.91 Å². The lowest BCUT2D eigenvalue weighted by molar-refractivity contribution is -0.124. The highest BCUT2D eigenvalue weighted by molar-refractivity contribution is 5.78. The van der Waals surface area contributed by atoms with Crippen LogP contribution in [0.1, 0.15) is 23.2 Å². The van der Waals surface area contributed by atoms with E-state index in [4.69, 9.17) is 9.47 Å². The molecule has 0 bridgehead atoms. The van der Waals surface area contributed by atoms with Gasteiger partial charge in [-0.3, -0.25) is 9.59 Å². The molecule has 0 atom stereocenters. The number of carbonyl (C=O) groups is 2. The quantitative estimate of drug-likeness (QED) is 0.827. The zero-order chi connectivity index (χ0) is 14.4. The van der Waals surface area contributed by atoms with Crippen LogP contribution in [0.5, 0.6) is 5.75 Å². The van der Waals surface area contributed by atoms with E-state index in [1.807, 2.05) is 0 Å². The molecule has 1 heterocycles. The topological polar surface area (TPSA) is 64.6 Å². The van der Waals surface area contributed by atoms with Crippen molar-refractivity contribution in [3.05, 3.63) is 29.6 Å². The van der Waals surface area contributed by atoms with E-state index in [1.165, 1.54) is 6.07 Å². The first-order chi connectivity index (χ1) is 9.67. The second kappa shape index (κ2) is 7.00. The maximum Gasteiger partial charge on any atom is 0.258 e. The summed E-state index contributed by atoms with van der Waals surface area (Å²) in [6, 6.07) is 3.71. The number of amides is 1. The molecule has 1 aromatic carbocycles. The van der Waals surface area contributed by atoms with Gasteiger partial charge in [0.2, 0.25) is 0 Å². The van der Waals surface area contributed by atoms with Gasteiger partial charge in [0, 0.05) is 30.9 Å². The summed E-state index contributed by atoms with van der Waals surface area (Å²) in [5.74, 6) is -0.683. The first kappa shape index (κ1) is 14.5. The highest BCUT2D eigenvalue weighted by Gasteiger charge is 2.16. The van der Waals surface area contributed by atoms with E-state index in [0.717, 1.165) is 25.0 Å². The molecule has 1 amide bonds. The van der Waals surface area contributed by atoms with E-state index in [2.05, 4.69) is 5.32 Å². The molecule has 20 heavy (non-hydrogen) atoms. The summed E-state index contributed by atoms with van der Waals surface area (Å²) < 4.78 is 23.5. The van der Waals surface area contributed by atoms with Gasteiger partial charge in [-0.25, -0.2) is 4.39 Å². The second-order valence-electron chi connectivity index (χ2n) is 4.58. The summed E-state index contributed by atoms with van der Waals surface area (Å²) in [4.78, 5) is 22.3. The molecule has 108 valence electrons. The molecule has 0 radical (unpaired) electrons. The Morgan fingerprint density at radius 2 is 2.15 bits per heavy atom. The standard InChI is InChI=1S/C14H16FNO4/c15-11-5-10(8-17)6-13(7-11)20-9-14(18)16-12-1-3-19-4-2-12/h5-8,12H,1-4,9H2,(H,16,18). The Balaban J connectivity index is 1.83. The molecular formula is C14H16FNO4. The van der Waals surface area contributed by atoms with Gasteiger partial charge >= 0.3 is 0 Å². The Hall–Kier alpha value is -1.95. The molecule has 5 nitrogen and oxygen atoms in total. The zero-order valence-electron chi connectivity index (χ0n) is 10.9. The Kier molecular flexibility index (Phi) is 5.06. The van der Waals surface area contributed by atoms with Crippen molar-refractivity contribution in [2.45, 2.75) is 18.9 Å². The Morgan fingerprint density at radius 1 is 1.40 bits per heavy atom. The van der Waals surface area contributed by atoms with Crippen molar-refractivity contribution < 1.29 is 23.5 Å². The molecule has 0 unspecified atom stereocenters. The lowest BCUT2D eigenvalue weighted by Crippen LogP contribution is -2.41. The Labute approximate surface area is 116 Å². The van der Waals surface area contributed by atoms with Crippen LogP contribution in [0.25, 0.3) is 0 Å². The fraction of sp³-hybridized carbons (Fsp3) is 0.429. The van der Waals surface area contributed by atoms with E-state index >= 15 is 0 Å². The minimum atomic E-state index is -0.575. The van der Waals surface area contributed by atoms with Gasteiger partial charge < -0.3 is 14.8 Å². The third kappa shape index (κ3) is 4.31. The van der Waals surface area contributed by atoms with Crippen LogP contribution in [0.15, 0.2) is 18.2 Å². The summed E-state index contributed by atoms with van der Waals surface area (Å²) in [5.41, 5.74) is 0.171. The number of rotatable bonds is 5. The summed E-state index contributed by atoms with van der Waals surface area (Å²) in [5, 5.41) is 2.83. The van der Waals surface area contributed by atoms with Crippen molar-refractivity contribution in [2.75, 3.05) is 19.8 Å².